The topological polar surface area (TPSA) is 79.3 Å². The molecule has 0 fully saturated rings. The van der Waals surface area contributed by atoms with Crippen LogP contribution in [0.15, 0.2) is 5.38 Å². The standard InChI is InChI=1S/C14H22N2O3S2/c1-3-11(6-14(18)19)7-15-13(17)4-5-20-8-12-9-21-10(2)16-12/h9,11H,3-8H2,1-2H3,(H,15,17)(H,18,19). The normalized spacial score (nSPS) is 12.1. The van der Waals surface area contributed by atoms with Crippen molar-refractivity contribution in [3.8, 4) is 0 Å². The summed E-state index contributed by atoms with van der Waals surface area (Å²) in [5.74, 6) is 0.759. The van der Waals surface area contributed by atoms with Crippen molar-refractivity contribution in [3.05, 3.63) is 16.1 Å². The summed E-state index contributed by atoms with van der Waals surface area (Å²) in [6.07, 6.45) is 1.32. The van der Waals surface area contributed by atoms with Crippen molar-refractivity contribution in [1.82, 2.24) is 10.3 Å². The summed E-state index contributed by atoms with van der Waals surface area (Å²) in [5.41, 5.74) is 1.07. The third-order valence-electron chi connectivity index (χ3n) is 3.02. The molecule has 1 aromatic heterocycles. The van der Waals surface area contributed by atoms with Crippen LogP contribution in [-0.4, -0.2) is 34.3 Å². The molecular formula is C14H22N2O3S2. The number of nitrogens with zero attached hydrogens (tertiary/aromatic N) is 1. The molecule has 0 aliphatic rings. The third kappa shape index (κ3) is 8.06. The van der Waals surface area contributed by atoms with Crippen LogP contribution >= 0.6 is 23.1 Å². The molecule has 1 unspecified atom stereocenters. The second-order valence-corrected chi connectivity index (χ2v) is 7.00. The van der Waals surface area contributed by atoms with Crippen LogP contribution in [0.25, 0.3) is 0 Å². The van der Waals surface area contributed by atoms with E-state index in [-0.39, 0.29) is 18.2 Å². The monoisotopic (exact) mass is 330 g/mol. The molecule has 118 valence electrons. The average Bonchev–Trinajstić information content (AvgIpc) is 2.85. The molecule has 0 radical (unpaired) electrons. The highest BCUT2D eigenvalue weighted by Gasteiger charge is 2.12. The summed E-state index contributed by atoms with van der Waals surface area (Å²) >= 11 is 3.32. The summed E-state index contributed by atoms with van der Waals surface area (Å²) in [7, 11) is 0. The van der Waals surface area contributed by atoms with Gasteiger partial charge in [-0.1, -0.05) is 13.3 Å². The van der Waals surface area contributed by atoms with Crippen molar-refractivity contribution in [1.29, 1.82) is 0 Å². The van der Waals surface area contributed by atoms with E-state index >= 15 is 0 Å². The van der Waals surface area contributed by atoms with Gasteiger partial charge in [-0.25, -0.2) is 4.98 Å². The number of carbonyl (C=O) groups is 2. The number of aryl methyl sites for hydroxylation is 1. The SMILES string of the molecule is CCC(CNC(=O)CCSCc1csc(C)n1)CC(=O)O. The molecular weight excluding hydrogens is 308 g/mol. The van der Waals surface area contributed by atoms with E-state index in [4.69, 9.17) is 5.11 Å². The van der Waals surface area contributed by atoms with Gasteiger partial charge in [0, 0.05) is 36.3 Å². The molecule has 0 aromatic carbocycles. The van der Waals surface area contributed by atoms with E-state index in [2.05, 4.69) is 10.3 Å². The zero-order valence-corrected chi connectivity index (χ0v) is 14.1. The second kappa shape index (κ2) is 9.78. The number of carboxylic acid groups (broad SMARTS) is 1. The second-order valence-electron chi connectivity index (χ2n) is 4.84. The van der Waals surface area contributed by atoms with Crippen LogP contribution in [0.1, 0.15) is 36.9 Å². The minimum atomic E-state index is -0.815. The molecule has 1 aromatic rings. The molecule has 0 spiro atoms. The number of carbonyl (C=O) groups excluding carboxylic acids is 1. The molecule has 21 heavy (non-hydrogen) atoms. The maximum Gasteiger partial charge on any atom is 0.303 e. The number of carboxylic acids is 1. The Balaban J connectivity index is 2.11. The van der Waals surface area contributed by atoms with Gasteiger partial charge in [0.25, 0.3) is 0 Å². The molecule has 0 aliphatic carbocycles. The largest absolute Gasteiger partial charge is 0.481 e. The summed E-state index contributed by atoms with van der Waals surface area (Å²) in [4.78, 5) is 26.7. The molecule has 1 atom stereocenters. The fourth-order valence-corrected chi connectivity index (χ4v) is 3.32. The van der Waals surface area contributed by atoms with Crippen molar-refractivity contribution < 1.29 is 14.7 Å². The van der Waals surface area contributed by atoms with Gasteiger partial charge in [0.2, 0.25) is 5.91 Å². The summed E-state index contributed by atoms with van der Waals surface area (Å²) in [5, 5.41) is 14.7. The van der Waals surface area contributed by atoms with Gasteiger partial charge < -0.3 is 10.4 Å². The predicted octanol–water partition coefficient (Wildman–Crippen LogP) is 2.69. The Labute approximate surface area is 133 Å². The highest BCUT2D eigenvalue weighted by molar-refractivity contribution is 7.98. The van der Waals surface area contributed by atoms with Crippen LogP contribution < -0.4 is 5.32 Å². The third-order valence-corrected chi connectivity index (χ3v) is 4.83. The Bertz CT molecular complexity index is 463. The van der Waals surface area contributed by atoms with Crippen molar-refractivity contribution in [2.45, 2.75) is 38.9 Å². The predicted molar refractivity (Wildman–Crippen MR) is 86.7 cm³/mol. The highest BCUT2D eigenvalue weighted by atomic mass is 32.2. The van der Waals surface area contributed by atoms with Crippen molar-refractivity contribution in [2.24, 2.45) is 5.92 Å². The molecule has 0 aliphatic heterocycles. The molecule has 1 amide bonds. The molecule has 1 heterocycles. The number of hydrogen-bond acceptors (Lipinski definition) is 5. The van der Waals surface area contributed by atoms with E-state index in [1.54, 1.807) is 23.1 Å². The van der Waals surface area contributed by atoms with E-state index in [0.717, 1.165) is 28.6 Å². The van der Waals surface area contributed by atoms with Crippen LogP contribution in [0.4, 0.5) is 0 Å². The fourth-order valence-electron chi connectivity index (χ4n) is 1.77. The Morgan fingerprint density at radius 3 is 2.86 bits per heavy atom. The Hall–Kier alpha value is -1.08. The lowest BCUT2D eigenvalue weighted by Crippen LogP contribution is -2.30. The van der Waals surface area contributed by atoms with Gasteiger partial charge in [0.1, 0.15) is 0 Å². The molecule has 5 nitrogen and oxygen atoms in total. The maximum absolute atomic E-state index is 11.7. The quantitative estimate of drug-likeness (QED) is 0.645. The first-order chi connectivity index (χ1) is 10.0. The van der Waals surface area contributed by atoms with Crippen LogP contribution in [0, 0.1) is 12.8 Å². The van der Waals surface area contributed by atoms with Crippen LogP contribution in [0.2, 0.25) is 0 Å². The molecule has 7 heteroatoms. The minimum absolute atomic E-state index is 0.0112. The van der Waals surface area contributed by atoms with Crippen LogP contribution in [0.5, 0.6) is 0 Å². The van der Waals surface area contributed by atoms with Gasteiger partial charge in [-0.15, -0.1) is 11.3 Å². The van der Waals surface area contributed by atoms with Gasteiger partial charge in [0.05, 0.1) is 10.7 Å². The number of thiazole rings is 1. The summed E-state index contributed by atoms with van der Waals surface area (Å²) < 4.78 is 0. The molecule has 2 N–H and O–H groups in total. The minimum Gasteiger partial charge on any atom is -0.481 e. The Morgan fingerprint density at radius 2 is 2.29 bits per heavy atom. The zero-order valence-electron chi connectivity index (χ0n) is 12.4. The number of rotatable bonds is 10. The first kappa shape index (κ1) is 18.0. The van der Waals surface area contributed by atoms with E-state index in [1.807, 2.05) is 19.2 Å². The van der Waals surface area contributed by atoms with Gasteiger partial charge >= 0.3 is 5.97 Å². The number of hydrogen-bond donors (Lipinski definition) is 2. The van der Waals surface area contributed by atoms with E-state index in [1.165, 1.54) is 0 Å². The van der Waals surface area contributed by atoms with Crippen LogP contribution in [0.3, 0.4) is 0 Å². The maximum atomic E-state index is 11.7. The van der Waals surface area contributed by atoms with Gasteiger partial charge in [-0.05, 0) is 12.8 Å². The van der Waals surface area contributed by atoms with Crippen molar-refractivity contribution >= 4 is 35.0 Å². The van der Waals surface area contributed by atoms with Gasteiger partial charge in [-0.2, -0.15) is 11.8 Å². The van der Waals surface area contributed by atoms with Crippen LogP contribution in [-0.2, 0) is 15.3 Å². The number of nitrogens with one attached hydrogen (secondary N) is 1. The highest BCUT2D eigenvalue weighted by Crippen LogP contribution is 2.15. The molecule has 1 rings (SSSR count). The Kier molecular flexibility index (Phi) is 8.37. The average molecular weight is 330 g/mol. The fraction of sp³-hybridized carbons (Fsp3) is 0.643. The van der Waals surface area contributed by atoms with E-state index in [9.17, 15) is 9.59 Å². The number of amides is 1. The smallest absolute Gasteiger partial charge is 0.303 e. The van der Waals surface area contributed by atoms with Crippen molar-refractivity contribution in [2.75, 3.05) is 12.3 Å². The Morgan fingerprint density at radius 1 is 1.52 bits per heavy atom. The van der Waals surface area contributed by atoms with Gasteiger partial charge in [0.15, 0.2) is 0 Å². The van der Waals surface area contributed by atoms with E-state index < -0.39 is 5.97 Å². The van der Waals surface area contributed by atoms with Crippen molar-refractivity contribution in [3.63, 3.8) is 0 Å². The number of thioether (sulfide) groups is 1. The first-order valence-electron chi connectivity index (χ1n) is 6.98. The molecule has 0 saturated carbocycles. The summed E-state index contributed by atoms with van der Waals surface area (Å²) in [6, 6.07) is 0. The zero-order chi connectivity index (χ0) is 15.7. The first-order valence-corrected chi connectivity index (χ1v) is 9.02. The number of aliphatic carboxylic acids is 1. The lowest BCUT2D eigenvalue weighted by molar-refractivity contribution is -0.138. The lowest BCUT2D eigenvalue weighted by Gasteiger charge is -2.13. The molecule has 0 bridgehead atoms. The molecule has 0 saturated heterocycles. The van der Waals surface area contributed by atoms with E-state index in [0.29, 0.717) is 13.0 Å². The number of aromatic nitrogens is 1. The lowest BCUT2D eigenvalue weighted by atomic mass is 10.0. The summed E-state index contributed by atoms with van der Waals surface area (Å²) in [6.45, 7) is 4.36. The van der Waals surface area contributed by atoms with Gasteiger partial charge in [-0.3, -0.25) is 9.59 Å².